The number of hydrogen-bond donors (Lipinski definition) is 3. The Labute approximate surface area is 203 Å². The molecule has 7 nitrogen and oxygen atoms in total. The van der Waals surface area contributed by atoms with E-state index in [1.165, 1.54) is 11.3 Å². The third-order valence-corrected chi connectivity index (χ3v) is 6.79. The van der Waals surface area contributed by atoms with E-state index in [-0.39, 0.29) is 18.9 Å². The van der Waals surface area contributed by atoms with E-state index in [0.29, 0.717) is 31.6 Å². The zero-order valence-corrected chi connectivity index (χ0v) is 19.3. The third-order valence-electron chi connectivity index (χ3n) is 5.17. The monoisotopic (exact) mass is 504 g/mol. The number of benzene rings is 2. The lowest BCUT2D eigenvalue weighted by atomic mass is 9.80. The Hall–Kier alpha value is -2.91. The van der Waals surface area contributed by atoms with Crippen LogP contribution in [-0.2, 0) is 27.5 Å². The summed E-state index contributed by atoms with van der Waals surface area (Å²) < 4.78 is 0. The van der Waals surface area contributed by atoms with Crippen LogP contribution < -0.4 is 10.8 Å². The van der Waals surface area contributed by atoms with Gasteiger partial charge in [0, 0.05) is 25.4 Å². The summed E-state index contributed by atoms with van der Waals surface area (Å²) in [5.74, 6) is -2.48. The van der Waals surface area contributed by atoms with Gasteiger partial charge in [-0.05, 0) is 41.5 Å². The van der Waals surface area contributed by atoms with Crippen LogP contribution in [0.25, 0.3) is 0 Å². The molecule has 0 unspecified atom stereocenters. The van der Waals surface area contributed by atoms with E-state index in [1.807, 2.05) is 0 Å². The summed E-state index contributed by atoms with van der Waals surface area (Å²) in [5.41, 5.74) is 3.98. The lowest BCUT2D eigenvalue weighted by Crippen LogP contribution is -2.44. The number of hydroxylamine groups is 1. The van der Waals surface area contributed by atoms with Gasteiger partial charge in [0.2, 0.25) is 0 Å². The Morgan fingerprint density at radius 2 is 1.82 bits per heavy atom. The second-order valence-electron chi connectivity index (χ2n) is 7.38. The quantitative estimate of drug-likeness (QED) is 0.411. The van der Waals surface area contributed by atoms with Crippen molar-refractivity contribution in [3.8, 4) is 0 Å². The molecular formula is C23H18Cl2N2O5S. The summed E-state index contributed by atoms with van der Waals surface area (Å²) in [6, 6.07) is 14.5. The number of halogens is 2. The molecule has 4 rings (SSSR count). The zero-order valence-electron chi connectivity index (χ0n) is 17.0. The molecule has 33 heavy (non-hydrogen) atoms. The molecule has 10 heteroatoms. The standard InChI is InChI=1S/C23H18Cl2N2O5S/c24-12-5-8-17(18(25)9-12)21-20(15-3-1-2-4-16(15)22(30)26-21)23(31)27-32-11-14-7-6-13(33-14)10-19(28)29/h1-9,20-21H,10-11H2,(H,26,30)(H,27,31)(H,28,29)/t20-,21+/m1/s1. The van der Waals surface area contributed by atoms with Gasteiger partial charge in [0.15, 0.2) is 0 Å². The second kappa shape index (κ2) is 9.93. The Morgan fingerprint density at radius 1 is 1.06 bits per heavy atom. The normalized spacial score (nSPS) is 17.2. The first-order valence-corrected chi connectivity index (χ1v) is 11.5. The van der Waals surface area contributed by atoms with Gasteiger partial charge in [-0.3, -0.25) is 19.2 Å². The van der Waals surface area contributed by atoms with Crippen LogP contribution in [0, 0.1) is 0 Å². The average molecular weight is 505 g/mol. The molecule has 170 valence electrons. The summed E-state index contributed by atoms with van der Waals surface area (Å²) in [6.45, 7) is 0.0725. The SMILES string of the molecule is O=C(O)Cc1ccc(CONC(=O)[C@@H]2c3ccccc3C(=O)N[C@H]2c2ccc(Cl)cc2Cl)s1. The van der Waals surface area contributed by atoms with Gasteiger partial charge in [0.25, 0.3) is 11.8 Å². The van der Waals surface area contributed by atoms with Crippen LogP contribution >= 0.6 is 34.5 Å². The lowest BCUT2D eigenvalue weighted by Gasteiger charge is -2.33. The van der Waals surface area contributed by atoms with Gasteiger partial charge in [0.1, 0.15) is 6.61 Å². The topological polar surface area (TPSA) is 105 Å². The number of carbonyl (C=O) groups excluding carboxylic acids is 2. The van der Waals surface area contributed by atoms with Gasteiger partial charge in [-0.25, -0.2) is 5.48 Å². The van der Waals surface area contributed by atoms with Gasteiger partial charge in [-0.1, -0.05) is 47.5 Å². The maximum Gasteiger partial charge on any atom is 0.308 e. The van der Waals surface area contributed by atoms with E-state index in [2.05, 4.69) is 10.8 Å². The van der Waals surface area contributed by atoms with E-state index in [0.717, 1.165) is 4.88 Å². The molecule has 0 saturated heterocycles. The first-order valence-electron chi connectivity index (χ1n) is 9.89. The number of nitrogens with one attached hydrogen (secondary N) is 2. The van der Waals surface area contributed by atoms with E-state index in [4.69, 9.17) is 33.1 Å². The van der Waals surface area contributed by atoms with Crippen molar-refractivity contribution in [3.05, 3.63) is 91.1 Å². The van der Waals surface area contributed by atoms with Crippen molar-refractivity contribution >= 4 is 52.3 Å². The fourth-order valence-electron chi connectivity index (χ4n) is 3.75. The number of hydrogen-bond acceptors (Lipinski definition) is 5. The Kier molecular flexibility index (Phi) is 6.99. The Bertz CT molecular complexity index is 1230. The highest BCUT2D eigenvalue weighted by Gasteiger charge is 2.40. The minimum Gasteiger partial charge on any atom is -0.481 e. The van der Waals surface area contributed by atoms with Crippen molar-refractivity contribution in [1.29, 1.82) is 0 Å². The molecule has 1 aliphatic rings. The summed E-state index contributed by atoms with van der Waals surface area (Å²) in [5, 5.41) is 12.5. The van der Waals surface area contributed by atoms with E-state index in [9.17, 15) is 14.4 Å². The van der Waals surface area contributed by atoms with E-state index in [1.54, 1.807) is 54.6 Å². The van der Waals surface area contributed by atoms with Crippen molar-refractivity contribution in [2.75, 3.05) is 0 Å². The highest BCUT2D eigenvalue weighted by molar-refractivity contribution is 7.12. The average Bonchev–Trinajstić information content (AvgIpc) is 3.20. The van der Waals surface area contributed by atoms with Gasteiger partial charge in [-0.2, -0.15) is 0 Å². The number of carboxylic acids is 1. The number of carboxylic acid groups (broad SMARTS) is 1. The molecule has 1 aliphatic heterocycles. The molecule has 0 radical (unpaired) electrons. The first kappa shape index (κ1) is 23.3. The summed E-state index contributed by atoms with van der Waals surface area (Å²) >= 11 is 13.7. The van der Waals surface area contributed by atoms with Crippen LogP contribution in [0.2, 0.25) is 10.0 Å². The molecule has 3 N–H and O–H groups in total. The predicted molar refractivity (Wildman–Crippen MR) is 124 cm³/mol. The smallest absolute Gasteiger partial charge is 0.308 e. The molecule has 3 aromatic rings. The van der Waals surface area contributed by atoms with E-state index >= 15 is 0 Å². The van der Waals surface area contributed by atoms with Crippen LogP contribution in [0.3, 0.4) is 0 Å². The minimum atomic E-state index is -0.914. The summed E-state index contributed by atoms with van der Waals surface area (Å²) in [7, 11) is 0. The number of thiophene rings is 1. The van der Waals surface area contributed by atoms with Crippen molar-refractivity contribution in [2.24, 2.45) is 0 Å². The van der Waals surface area contributed by atoms with Crippen molar-refractivity contribution in [3.63, 3.8) is 0 Å². The number of rotatable bonds is 7. The predicted octanol–water partition coefficient (Wildman–Crippen LogP) is 4.50. The van der Waals surface area contributed by atoms with Crippen molar-refractivity contribution in [2.45, 2.75) is 25.0 Å². The maximum absolute atomic E-state index is 13.2. The molecule has 0 spiro atoms. The fourth-order valence-corrected chi connectivity index (χ4v) is 5.19. The highest BCUT2D eigenvalue weighted by Crippen LogP contribution is 2.40. The van der Waals surface area contributed by atoms with E-state index < -0.39 is 23.8 Å². The van der Waals surface area contributed by atoms with Crippen molar-refractivity contribution < 1.29 is 24.3 Å². The highest BCUT2D eigenvalue weighted by atomic mass is 35.5. The molecule has 0 bridgehead atoms. The number of amides is 2. The van der Waals surface area contributed by atoms with Crippen LogP contribution in [-0.4, -0.2) is 22.9 Å². The second-order valence-corrected chi connectivity index (χ2v) is 9.47. The largest absolute Gasteiger partial charge is 0.481 e. The summed E-state index contributed by atoms with van der Waals surface area (Å²) in [4.78, 5) is 43.7. The van der Waals surface area contributed by atoms with Crippen LogP contribution in [0.1, 0.15) is 43.2 Å². The van der Waals surface area contributed by atoms with Gasteiger partial charge in [-0.15, -0.1) is 11.3 Å². The van der Waals surface area contributed by atoms with Crippen molar-refractivity contribution in [1.82, 2.24) is 10.8 Å². The Morgan fingerprint density at radius 3 is 2.58 bits per heavy atom. The van der Waals surface area contributed by atoms with Crippen LogP contribution in [0.5, 0.6) is 0 Å². The molecule has 2 aromatic carbocycles. The molecule has 2 atom stereocenters. The van der Waals surface area contributed by atoms with Gasteiger partial charge in [0.05, 0.1) is 18.4 Å². The van der Waals surface area contributed by atoms with Crippen LogP contribution in [0.15, 0.2) is 54.6 Å². The minimum absolute atomic E-state index is 0.0703. The van der Waals surface area contributed by atoms with Crippen LogP contribution in [0.4, 0.5) is 0 Å². The molecular weight excluding hydrogens is 487 g/mol. The third kappa shape index (κ3) is 5.20. The maximum atomic E-state index is 13.2. The fraction of sp³-hybridized carbons (Fsp3) is 0.174. The summed E-state index contributed by atoms with van der Waals surface area (Å²) in [6.07, 6.45) is -0.0703. The zero-order chi connectivity index (χ0) is 23.5. The number of carbonyl (C=O) groups is 3. The molecule has 2 amide bonds. The Balaban J connectivity index is 1.55. The molecule has 0 aliphatic carbocycles. The number of fused-ring (bicyclic) bond motifs is 1. The van der Waals surface area contributed by atoms with Gasteiger partial charge >= 0.3 is 5.97 Å². The first-order chi connectivity index (χ1) is 15.8. The number of aliphatic carboxylic acids is 1. The molecule has 0 saturated carbocycles. The lowest BCUT2D eigenvalue weighted by molar-refractivity contribution is -0.137. The molecule has 1 aromatic heterocycles. The molecule has 2 heterocycles. The molecule has 0 fully saturated rings. The van der Waals surface area contributed by atoms with Gasteiger partial charge < -0.3 is 10.4 Å².